The fraction of sp³-hybridized carbons (Fsp3) is 0.263. The van der Waals surface area contributed by atoms with Crippen molar-refractivity contribution in [3.63, 3.8) is 0 Å². The molecule has 1 heterocycles. The summed E-state index contributed by atoms with van der Waals surface area (Å²) >= 11 is 0. The van der Waals surface area contributed by atoms with E-state index in [-0.39, 0.29) is 17.5 Å². The van der Waals surface area contributed by atoms with Gasteiger partial charge < -0.3 is 19.8 Å². The molecule has 0 aliphatic carbocycles. The third-order valence-electron chi connectivity index (χ3n) is 3.49. The molecule has 2 rings (SSSR count). The van der Waals surface area contributed by atoms with Gasteiger partial charge in [0.1, 0.15) is 17.2 Å². The summed E-state index contributed by atoms with van der Waals surface area (Å²) in [7, 11) is 1.56. The molecule has 0 saturated heterocycles. The zero-order valence-electron chi connectivity index (χ0n) is 14.4. The largest absolute Gasteiger partial charge is 0.497 e. The van der Waals surface area contributed by atoms with Gasteiger partial charge in [0.25, 0.3) is 11.8 Å². The van der Waals surface area contributed by atoms with Gasteiger partial charge >= 0.3 is 0 Å². The highest BCUT2D eigenvalue weighted by Gasteiger charge is 2.15. The maximum absolute atomic E-state index is 12.4. The molecule has 25 heavy (non-hydrogen) atoms. The van der Waals surface area contributed by atoms with Crippen molar-refractivity contribution in [1.82, 2.24) is 10.6 Å². The molecule has 0 bridgehead atoms. The number of nitrogens with one attached hydrogen (secondary N) is 2. The first-order valence-corrected chi connectivity index (χ1v) is 8.13. The van der Waals surface area contributed by atoms with Gasteiger partial charge in [0.2, 0.25) is 0 Å². The third-order valence-corrected chi connectivity index (χ3v) is 3.49. The Hall–Kier alpha value is -3.02. The highest BCUT2D eigenvalue weighted by atomic mass is 16.5. The number of hydrogen-bond donors (Lipinski definition) is 2. The molecule has 0 aliphatic heterocycles. The lowest BCUT2D eigenvalue weighted by Gasteiger charge is -2.11. The number of carbonyl (C=O) groups excluding carboxylic acids is 2. The highest BCUT2D eigenvalue weighted by Crippen LogP contribution is 2.12. The Morgan fingerprint density at radius 1 is 1.20 bits per heavy atom. The van der Waals surface area contributed by atoms with Gasteiger partial charge in [0.05, 0.1) is 13.4 Å². The molecular formula is C19H22N2O4. The van der Waals surface area contributed by atoms with Gasteiger partial charge in [-0.05, 0) is 42.8 Å². The predicted molar refractivity (Wildman–Crippen MR) is 95.1 cm³/mol. The second-order valence-electron chi connectivity index (χ2n) is 5.37. The average molecular weight is 342 g/mol. The van der Waals surface area contributed by atoms with Gasteiger partial charge in [-0.2, -0.15) is 0 Å². The van der Waals surface area contributed by atoms with Crippen molar-refractivity contribution in [3.05, 3.63) is 59.7 Å². The molecule has 6 heteroatoms. The van der Waals surface area contributed by atoms with Gasteiger partial charge in [0, 0.05) is 18.2 Å². The quantitative estimate of drug-likeness (QED) is 0.571. The van der Waals surface area contributed by atoms with E-state index in [9.17, 15) is 9.59 Å². The van der Waals surface area contributed by atoms with Gasteiger partial charge in [0.15, 0.2) is 0 Å². The fourth-order valence-electron chi connectivity index (χ4n) is 2.08. The number of furan rings is 1. The van der Waals surface area contributed by atoms with Crippen molar-refractivity contribution in [2.75, 3.05) is 13.7 Å². The number of rotatable bonds is 8. The van der Waals surface area contributed by atoms with Crippen LogP contribution in [-0.4, -0.2) is 25.5 Å². The van der Waals surface area contributed by atoms with Gasteiger partial charge in [-0.3, -0.25) is 9.59 Å². The minimum Gasteiger partial charge on any atom is -0.497 e. The van der Waals surface area contributed by atoms with E-state index in [1.807, 2.05) is 6.92 Å². The van der Waals surface area contributed by atoms with E-state index in [0.717, 1.165) is 12.8 Å². The molecule has 0 spiro atoms. The first-order chi connectivity index (χ1) is 12.1. The molecule has 2 aromatic rings. The zero-order chi connectivity index (χ0) is 18.1. The summed E-state index contributed by atoms with van der Waals surface area (Å²) in [6.07, 6.45) is 4.84. The van der Waals surface area contributed by atoms with Crippen LogP contribution in [0.2, 0.25) is 0 Å². The lowest BCUT2D eigenvalue weighted by molar-refractivity contribution is -0.117. The molecule has 0 atom stereocenters. The van der Waals surface area contributed by atoms with Crippen molar-refractivity contribution < 1.29 is 18.7 Å². The first-order valence-electron chi connectivity index (χ1n) is 8.13. The Labute approximate surface area is 146 Å². The Balaban J connectivity index is 2.14. The van der Waals surface area contributed by atoms with Gasteiger partial charge in [-0.15, -0.1) is 0 Å². The SMILES string of the molecule is CCCCNC(=O)C(=Cc1ccco1)NC(=O)c1ccc(OC)cc1. The second-order valence-corrected chi connectivity index (χ2v) is 5.37. The van der Waals surface area contributed by atoms with Crippen molar-refractivity contribution >= 4 is 17.9 Å². The Bertz CT molecular complexity index is 718. The smallest absolute Gasteiger partial charge is 0.267 e. The number of ether oxygens (including phenoxy) is 1. The number of amides is 2. The molecular weight excluding hydrogens is 320 g/mol. The van der Waals surface area contributed by atoms with Crippen molar-refractivity contribution in [2.45, 2.75) is 19.8 Å². The lowest BCUT2D eigenvalue weighted by atomic mass is 10.2. The second kappa shape index (κ2) is 9.32. The summed E-state index contributed by atoms with van der Waals surface area (Å²) in [6, 6.07) is 10.1. The highest BCUT2D eigenvalue weighted by molar-refractivity contribution is 6.05. The lowest BCUT2D eigenvalue weighted by Crippen LogP contribution is -2.35. The standard InChI is InChI=1S/C19H22N2O4/c1-3-4-11-20-19(23)17(13-16-6-5-12-25-16)21-18(22)14-7-9-15(24-2)10-8-14/h5-10,12-13H,3-4,11H2,1-2H3,(H,20,23)(H,21,22). The van der Waals surface area contributed by atoms with E-state index >= 15 is 0 Å². The van der Waals surface area contributed by atoms with Crippen LogP contribution in [0.25, 0.3) is 6.08 Å². The molecule has 132 valence electrons. The number of benzene rings is 1. The summed E-state index contributed by atoms with van der Waals surface area (Å²) in [5.41, 5.74) is 0.555. The van der Waals surface area contributed by atoms with Crippen LogP contribution in [0.4, 0.5) is 0 Å². The topological polar surface area (TPSA) is 80.6 Å². The summed E-state index contributed by atoms with van der Waals surface area (Å²) in [4.78, 5) is 24.8. The van der Waals surface area contributed by atoms with Crippen molar-refractivity contribution in [3.8, 4) is 5.75 Å². The van der Waals surface area contributed by atoms with E-state index in [1.54, 1.807) is 43.5 Å². The minimum absolute atomic E-state index is 0.131. The molecule has 1 aromatic carbocycles. The Morgan fingerprint density at radius 3 is 2.56 bits per heavy atom. The molecule has 0 radical (unpaired) electrons. The van der Waals surface area contributed by atoms with E-state index in [2.05, 4.69) is 10.6 Å². The van der Waals surface area contributed by atoms with E-state index < -0.39 is 0 Å². The molecule has 0 fully saturated rings. The maximum atomic E-state index is 12.4. The minimum atomic E-state index is -0.383. The Kier molecular flexibility index (Phi) is 6.83. The van der Waals surface area contributed by atoms with Gasteiger partial charge in [-0.25, -0.2) is 0 Å². The molecule has 6 nitrogen and oxygen atoms in total. The van der Waals surface area contributed by atoms with E-state index in [1.165, 1.54) is 12.3 Å². The summed E-state index contributed by atoms with van der Waals surface area (Å²) < 4.78 is 10.3. The number of hydrogen-bond acceptors (Lipinski definition) is 4. The van der Waals surface area contributed by atoms with Crippen LogP contribution in [0.15, 0.2) is 52.8 Å². The van der Waals surface area contributed by atoms with Crippen molar-refractivity contribution in [1.29, 1.82) is 0 Å². The van der Waals surface area contributed by atoms with Crippen LogP contribution in [0.3, 0.4) is 0 Å². The van der Waals surface area contributed by atoms with Crippen LogP contribution in [0.1, 0.15) is 35.9 Å². The van der Waals surface area contributed by atoms with Crippen molar-refractivity contribution in [2.24, 2.45) is 0 Å². The molecule has 0 unspecified atom stereocenters. The van der Waals surface area contributed by atoms with Gasteiger partial charge in [-0.1, -0.05) is 13.3 Å². The van der Waals surface area contributed by atoms with E-state index in [4.69, 9.17) is 9.15 Å². The number of carbonyl (C=O) groups is 2. The average Bonchev–Trinajstić information content (AvgIpc) is 3.14. The fourth-order valence-corrected chi connectivity index (χ4v) is 2.08. The summed E-state index contributed by atoms with van der Waals surface area (Å²) in [6.45, 7) is 2.58. The zero-order valence-corrected chi connectivity index (χ0v) is 14.4. The van der Waals surface area contributed by atoms with Crippen LogP contribution >= 0.6 is 0 Å². The third kappa shape index (κ3) is 5.53. The van der Waals surface area contributed by atoms with E-state index in [0.29, 0.717) is 23.6 Å². The molecule has 2 N–H and O–H groups in total. The first kappa shape index (κ1) is 18.3. The molecule has 2 amide bonds. The summed E-state index contributed by atoms with van der Waals surface area (Å²) in [5.74, 6) is 0.397. The monoisotopic (exact) mass is 342 g/mol. The van der Waals surface area contributed by atoms with Crippen LogP contribution in [0, 0.1) is 0 Å². The molecule has 0 aliphatic rings. The molecule has 0 saturated carbocycles. The number of methoxy groups -OCH3 is 1. The molecule has 1 aromatic heterocycles. The van der Waals surface area contributed by atoms with Crippen LogP contribution in [0.5, 0.6) is 5.75 Å². The summed E-state index contributed by atoms with van der Waals surface area (Å²) in [5, 5.41) is 5.43. The van der Waals surface area contributed by atoms with Crippen LogP contribution < -0.4 is 15.4 Å². The number of unbranched alkanes of at least 4 members (excludes halogenated alkanes) is 1. The Morgan fingerprint density at radius 2 is 1.96 bits per heavy atom. The van der Waals surface area contributed by atoms with Crippen LogP contribution in [-0.2, 0) is 4.79 Å². The maximum Gasteiger partial charge on any atom is 0.267 e. The normalized spacial score (nSPS) is 11.0. The predicted octanol–water partition coefficient (Wildman–Crippen LogP) is 2.98.